The fraction of sp³-hybridized carbons (Fsp3) is 1.00. The molecule has 0 aromatic carbocycles. The average Bonchev–Trinajstić information content (AvgIpc) is 2.29. The summed E-state index contributed by atoms with van der Waals surface area (Å²) in [7, 11) is 2.29. The van der Waals surface area contributed by atoms with Crippen molar-refractivity contribution in [2.45, 2.75) is 58.9 Å². The van der Waals surface area contributed by atoms with E-state index in [1.165, 1.54) is 32.1 Å². The van der Waals surface area contributed by atoms with E-state index in [4.69, 9.17) is 5.73 Å². The highest BCUT2D eigenvalue weighted by Gasteiger charge is 2.29. The van der Waals surface area contributed by atoms with Crippen molar-refractivity contribution in [1.29, 1.82) is 0 Å². The van der Waals surface area contributed by atoms with Gasteiger partial charge in [0.25, 0.3) is 0 Å². The van der Waals surface area contributed by atoms with E-state index in [9.17, 15) is 0 Å². The number of hydrogen-bond acceptors (Lipinski definition) is 2. The molecule has 0 saturated heterocycles. The second-order valence-electron chi connectivity index (χ2n) is 6.11. The van der Waals surface area contributed by atoms with Gasteiger partial charge in [-0.05, 0) is 44.2 Å². The van der Waals surface area contributed by atoms with Gasteiger partial charge in [-0.2, -0.15) is 0 Å². The van der Waals surface area contributed by atoms with Crippen LogP contribution in [0.3, 0.4) is 0 Å². The topological polar surface area (TPSA) is 29.3 Å². The van der Waals surface area contributed by atoms with Gasteiger partial charge in [0.2, 0.25) is 0 Å². The number of nitrogens with zero attached hydrogens (tertiary/aromatic N) is 1. The SMILES string of the molecule is CCC(C)(CN)CN(C)C1CCCCC1C. The van der Waals surface area contributed by atoms with Crippen molar-refractivity contribution in [3.05, 3.63) is 0 Å². The average molecular weight is 226 g/mol. The number of rotatable bonds is 5. The second kappa shape index (κ2) is 6.02. The van der Waals surface area contributed by atoms with Crippen LogP contribution in [0, 0.1) is 11.3 Å². The summed E-state index contributed by atoms with van der Waals surface area (Å²) < 4.78 is 0. The lowest BCUT2D eigenvalue weighted by Crippen LogP contribution is -2.46. The summed E-state index contributed by atoms with van der Waals surface area (Å²) >= 11 is 0. The van der Waals surface area contributed by atoms with Crippen molar-refractivity contribution in [2.75, 3.05) is 20.1 Å². The van der Waals surface area contributed by atoms with Crippen LogP contribution in [0.2, 0.25) is 0 Å². The molecule has 1 aliphatic carbocycles. The monoisotopic (exact) mass is 226 g/mol. The van der Waals surface area contributed by atoms with Gasteiger partial charge in [0.05, 0.1) is 0 Å². The molecule has 0 amide bonds. The fourth-order valence-corrected chi connectivity index (χ4v) is 2.99. The van der Waals surface area contributed by atoms with Crippen LogP contribution in [0.25, 0.3) is 0 Å². The van der Waals surface area contributed by atoms with Crippen molar-refractivity contribution >= 4 is 0 Å². The molecular formula is C14H30N2. The van der Waals surface area contributed by atoms with Crippen molar-refractivity contribution in [1.82, 2.24) is 4.90 Å². The minimum Gasteiger partial charge on any atom is -0.330 e. The highest BCUT2D eigenvalue weighted by atomic mass is 15.1. The number of hydrogen-bond donors (Lipinski definition) is 1. The van der Waals surface area contributed by atoms with Crippen LogP contribution in [-0.2, 0) is 0 Å². The zero-order chi connectivity index (χ0) is 12.2. The third-order valence-corrected chi connectivity index (χ3v) is 4.61. The Balaban J connectivity index is 2.52. The maximum absolute atomic E-state index is 5.90. The van der Waals surface area contributed by atoms with Gasteiger partial charge in [-0.25, -0.2) is 0 Å². The molecule has 96 valence electrons. The first-order valence-corrected chi connectivity index (χ1v) is 6.92. The molecule has 1 saturated carbocycles. The summed E-state index contributed by atoms with van der Waals surface area (Å²) in [6, 6.07) is 0.783. The lowest BCUT2D eigenvalue weighted by Gasteiger charge is -2.41. The molecule has 0 radical (unpaired) electrons. The van der Waals surface area contributed by atoms with Crippen LogP contribution in [0.1, 0.15) is 52.9 Å². The van der Waals surface area contributed by atoms with Gasteiger partial charge >= 0.3 is 0 Å². The van der Waals surface area contributed by atoms with E-state index in [0.29, 0.717) is 5.41 Å². The third-order valence-electron chi connectivity index (χ3n) is 4.61. The predicted octanol–water partition coefficient (Wildman–Crippen LogP) is 2.87. The minimum atomic E-state index is 0.298. The molecule has 0 heterocycles. The third kappa shape index (κ3) is 3.46. The first-order valence-electron chi connectivity index (χ1n) is 6.92. The van der Waals surface area contributed by atoms with Crippen molar-refractivity contribution < 1.29 is 0 Å². The van der Waals surface area contributed by atoms with Gasteiger partial charge in [-0.1, -0.05) is 33.6 Å². The molecule has 3 atom stereocenters. The van der Waals surface area contributed by atoms with Crippen molar-refractivity contribution in [2.24, 2.45) is 17.1 Å². The lowest BCUT2D eigenvalue weighted by molar-refractivity contribution is 0.0916. The Morgan fingerprint density at radius 3 is 2.44 bits per heavy atom. The molecule has 0 aromatic heterocycles. The Bertz CT molecular complexity index is 199. The van der Waals surface area contributed by atoms with E-state index < -0.39 is 0 Å². The molecular weight excluding hydrogens is 196 g/mol. The van der Waals surface area contributed by atoms with Gasteiger partial charge < -0.3 is 10.6 Å². The molecule has 0 aliphatic heterocycles. The van der Waals surface area contributed by atoms with Gasteiger partial charge in [0.1, 0.15) is 0 Å². The highest BCUT2D eigenvalue weighted by Crippen LogP contribution is 2.30. The Labute approximate surface area is 102 Å². The highest BCUT2D eigenvalue weighted by molar-refractivity contribution is 4.84. The van der Waals surface area contributed by atoms with Crippen LogP contribution in [0.5, 0.6) is 0 Å². The standard InChI is InChI=1S/C14H30N2/c1-5-14(3,10-15)11-16(4)13-9-7-6-8-12(13)2/h12-13H,5-11,15H2,1-4H3. The Morgan fingerprint density at radius 1 is 1.31 bits per heavy atom. The first kappa shape index (κ1) is 14.0. The summed E-state index contributed by atoms with van der Waals surface area (Å²) in [4.78, 5) is 2.57. The zero-order valence-corrected chi connectivity index (χ0v) is 11.6. The summed E-state index contributed by atoms with van der Waals surface area (Å²) in [5.74, 6) is 0.859. The van der Waals surface area contributed by atoms with Crippen LogP contribution < -0.4 is 5.73 Å². The second-order valence-corrected chi connectivity index (χ2v) is 6.11. The van der Waals surface area contributed by atoms with Crippen LogP contribution in [0.4, 0.5) is 0 Å². The maximum atomic E-state index is 5.90. The normalized spacial score (nSPS) is 30.4. The largest absolute Gasteiger partial charge is 0.330 e. The first-order chi connectivity index (χ1) is 7.52. The van der Waals surface area contributed by atoms with Crippen LogP contribution >= 0.6 is 0 Å². The van der Waals surface area contributed by atoms with E-state index in [2.05, 4.69) is 32.7 Å². The molecule has 0 spiro atoms. The lowest BCUT2D eigenvalue weighted by atomic mass is 9.82. The van der Waals surface area contributed by atoms with Crippen LogP contribution in [0.15, 0.2) is 0 Å². The molecule has 0 bridgehead atoms. The van der Waals surface area contributed by atoms with Crippen molar-refractivity contribution in [3.8, 4) is 0 Å². The molecule has 1 rings (SSSR count). The summed E-state index contributed by atoms with van der Waals surface area (Å²) in [6.45, 7) is 8.93. The van der Waals surface area contributed by atoms with Gasteiger partial charge in [-0.15, -0.1) is 0 Å². The van der Waals surface area contributed by atoms with Gasteiger partial charge in [-0.3, -0.25) is 0 Å². The predicted molar refractivity (Wildman–Crippen MR) is 71.5 cm³/mol. The van der Waals surface area contributed by atoms with Gasteiger partial charge in [0.15, 0.2) is 0 Å². The van der Waals surface area contributed by atoms with Crippen LogP contribution in [-0.4, -0.2) is 31.1 Å². The quantitative estimate of drug-likeness (QED) is 0.781. The minimum absolute atomic E-state index is 0.298. The molecule has 1 aliphatic rings. The van der Waals surface area contributed by atoms with E-state index in [-0.39, 0.29) is 0 Å². The zero-order valence-electron chi connectivity index (χ0n) is 11.6. The maximum Gasteiger partial charge on any atom is 0.0118 e. The summed E-state index contributed by atoms with van der Waals surface area (Å²) in [6.07, 6.45) is 6.79. The van der Waals surface area contributed by atoms with Gasteiger partial charge in [0, 0.05) is 12.6 Å². The van der Waals surface area contributed by atoms with E-state index >= 15 is 0 Å². The van der Waals surface area contributed by atoms with E-state index in [0.717, 1.165) is 25.0 Å². The molecule has 1 fully saturated rings. The van der Waals surface area contributed by atoms with E-state index in [1.807, 2.05) is 0 Å². The molecule has 0 aromatic rings. The van der Waals surface area contributed by atoms with Crippen molar-refractivity contribution in [3.63, 3.8) is 0 Å². The van der Waals surface area contributed by atoms with E-state index in [1.54, 1.807) is 0 Å². The smallest absolute Gasteiger partial charge is 0.0118 e. The Morgan fingerprint density at radius 2 is 1.94 bits per heavy atom. The molecule has 16 heavy (non-hydrogen) atoms. The molecule has 2 heteroatoms. The summed E-state index contributed by atoms with van der Waals surface area (Å²) in [5.41, 5.74) is 6.20. The fourth-order valence-electron chi connectivity index (χ4n) is 2.99. The number of nitrogens with two attached hydrogens (primary N) is 1. The molecule has 2 nitrogen and oxygen atoms in total. The Kier molecular flexibility index (Phi) is 5.26. The molecule has 3 unspecified atom stereocenters. The molecule has 2 N–H and O–H groups in total. The Hall–Kier alpha value is -0.0800. The summed E-state index contributed by atoms with van der Waals surface area (Å²) in [5, 5.41) is 0.